The molecule has 4 amide bonds. The minimum absolute atomic E-state index is 0.0402. The Bertz CT molecular complexity index is 1150. The molecule has 0 saturated carbocycles. The highest BCUT2D eigenvalue weighted by atomic mass is 16.5. The first kappa shape index (κ1) is 31.7. The number of nitrogens with one attached hydrogen (secondary N) is 3. The van der Waals surface area contributed by atoms with Crippen molar-refractivity contribution in [1.82, 2.24) is 21.1 Å². The second-order valence-corrected chi connectivity index (χ2v) is 9.51. The number of nitrogens with two attached hydrogens (primary N) is 1. The van der Waals surface area contributed by atoms with Crippen LogP contribution < -0.4 is 21.7 Å². The molecule has 0 aliphatic carbocycles. The van der Waals surface area contributed by atoms with Gasteiger partial charge in [0.25, 0.3) is 5.91 Å². The molecule has 3 atom stereocenters. The van der Waals surface area contributed by atoms with Crippen molar-refractivity contribution in [3.8, 4) is 0 Å². The zero-order valence-corrected chi connectivity index (χ0v) is 22.9. The number of esters is 1. The van der Waals surface area contributed by atoms with Gasteiger partial charge in [-0.25, -0.2) is 4.79 Å². The summed E-state index contributed by atoms with van der Waals surface area (Å²) in [5, 5.41) is 11.7. The number of amides is 4. The highest BCUT2D eigenvalue weighted by Gasteiger charge is 2.29. The van der Waals surface area contributed by atoms with Gasteiger partial charge in [-0.05, 0) is 31.2 Å². The van der Waals surface area contributed by atoms with E-state index in [4.69, 9.17) is 15.0 Å². The summed E-state index contributed by atoms with van der Waals surface area (Å²) in [7, 11) is 0. The zero-order valence-electron chi connectivity index (χ0n) is 22.9. The zero-order chi connectivity index (χ0) is 29.5. The molecule has 12 nitrogen and oxygen atoms in total. The van der Waals surface area contributed by atoms with Crippen LogP contribution in [0, 0.1) is 5.92 Å². The van der Waals surface area contributed by atoms with Crippen molar-refractivity contribution < 1.29 is 33.2 Å². The fourth-order valence-corrected chi connectivity index (χ4v) is 3.78. The number of carbonyl (C=O) groups is 5. The first-order valence-electron chi connectivity index (χ1n) is 13.1. The number of hydrogen-bond donors (Lipinski definition) is 4. The number of rotatable bonds is 16. The van der Waals surface area contributed by atoms with E-state index in [0.717, 1.165) is 11.6 Å². The van der Waals surface area contributed by atoms with Crippen LogP contribution in [0.4, 0.5) is 0 Å². The third kappa shape index (κ3) is 11.5. The number of hydrogen-bond acceptors (Lipinski definition) is 8. The molecular formula is C28H37N5O7. The average Bonchev–Trinajstić information content (AvgIpc) is 3.45. The van der Waals surface area contributed by atoms with Crippen molar-refractivity contribution in [3.05, 3.63) is 66.1 Å². The van der Waals surface area contributed by atoms with Crippen molar-refractivity contribution in [2.24, 2.45) is 11.7 Å². The molecule has 5 N–H and O–H groups in total. The van der Waals surface area contributed by atoms with Crippen LogP contribution >= 0.6 is 0 Å². The molecule has 0 aliphatic rings. The summed E-state index contributed by atoms with van der Waals surface area (Å²) in [6.45, 7) is 5.63. The van der Waals surface area contributed by atoms with Crippen LogP contribution in [0.3, 0.4) is 0 Å². The summed E-state index contributed by atoms with van der Waals surface area (Å²) in [5.74, 6) is -2.91. The molecule has 12 heteroatoms. The maximum atomic E-state index is 13.5. The molecule has 40 heavy (non-hydrogen) atoms. The molecule has 0 saturated heterocycles. The Morgan fingerprint density at radius 3 is 2.30 bits per heavy atom. The Labute approximate surface area is 233 Å². The van der Waals surface area contributed by atoms with E-state index in [1.807, 2.05) is 44.2 Å². The minimum Gasteiger partial charge on any atom is -0.463 e. The number of aromatic nitrogens is 1. The lowest BCUT2D eigenvalue weighted by atomic mass is 10.0. The van der Waals surface area contributed by atoms with Crippen LogP contribution in [0.15, 0.2) is 59.3 Å². The highest BCUT2D eigenvalue weighted by molar-refractivity contribution is 5.96. The van der Waals surface area contributed by atoms with Crippen LogP contribution in [-0.2, 0) is 30.3 Å². The summed E-state index contributed by atoms with van der Waals surface area (Å²) in [4.78, 5) is 62.6. The van der Waals surface area contributed by atoms with E-state index in [1.165, 1.54) is 18.3 Å². The Hall–Kier alpha value is -4.48. The van der Waals surface area contributed by atoms with Crippen molar-refractivity contribution in [3.63, 3.8) is 0 Å². The average molecular weight is 556 g/mol. The van der Waals surface area contributed by atoms with Crippen LogP contribution in [0.5, 0.6) is 0 Å². The van der Waals surface area contributed by atoms with Crippen LogP contribution in [-0.4, -0.2) is 59.5 Å². The monoisotopic (exact) mass is 555 g/mol. The molecular weight excluding hydrogens is 518 g/mol. The number of primary amides is 1. The molecule has 1 aromatic heterocycles. The van der Waals surface area contributed by atoms with E-state index in [0.29, 0.717) is 6.42 Å². The van der Waals surface area contributed by atoms with E-state index in [2.05, 4.69) is 21.1 Å². The fourth-order valence-electron chi connectivity index (χ4n) is 3.78. The van der Waals surface area contributed by atoms with Crippen molar-refractivity contribution >= 4 is 29.6 Å². The molecule has 0 radical (unpaired) electrons. The van der Waals surface area contributed by atoms with Crippen LogP contribution in [0.1, 0.15) is 56.2 Å². The van der Waals surface area contributed by atoms with Crippen molar-refractivity contribution in [2.45, 2.75) is 64.6 Å². The van der Waals surface area contributed by atoms with E-state index in [-0.39, 0.29) is 37.5 Å². The maximum absolute atomic E-state index is 13.5. The van der Waals surface area contributed by atoms with Gasteiger partial charge in [-0.3, -0.25) is 19.2 Å². The normalized spacial score (nSPS) is 13.3. The predicted octanol–water partition coefficient (Wildman–Crippen LogP) is 1.42. The topological polar surface area (TPSA) is 183 Å². The molecule has 1 heterocycles. The third-order valence-corrected chi connectivity index (χ3v) is 5.69. The van der Waals surface area contributed by atoms with Gasteiger partial charge in [-0.1, -0.05) is 55.4 Å². The smallest absolute Gasteiger partial charge is 0.330 e. The van der Waals surface area contributed by atoms with Crippen LogP contribution in [0.25, 0.3) is 0 Å². The van der Waals surface area contributed by atoms with Gasteiger partial charge in [0.15, 0.2) is 0 Å². The first-order chi connectivity index (χ1) is 19.1. The summed E-state index contributed by atoms with van der Waals surface area (Å²) >= 11 is 0. The fraction of sp³-hybridized carbons (Fsp3) is 0.429. The van der Waals surface area contributed by atoms with Gasteiger partial charge in [-0.15, -0.1) is 0 Å². The Balaban J connectivity index is 2.25. The second-order valence-electron chi connectivity index (χ2n) is 9.51. The van der Waals surface area contributed by atoms with Crippen molar-refractivity contribution in [2.75, 3.05) is 6.61 Å². The summed E-state index contributed by atoms with van der Waals surface area (Å²) in [6, 6.07) is 7.71. The standard InChI is InChI=1S/C28H37N5O7/c1-4-39-25(35)13-11-20(10-12-24(29)34)31-26(36)22(17-19-8-6-5-7-9-19)32-27(37)21(16-18(2)3)33-28(38)23-14-15-30-40-23/h5-9,11,13-15,18,20-22H,4,10,12,16-17H2,1-3H3,(H2,29,34)(H,31,36)(H,32,37)(H,33,38)/b13-11+/t20?,21-,22-/m0/s1. The van der Waals surface area contributed by atoms with E-state index >= 15 is 0 Å². The molecule has 0 spiro atoms. The van der Waals surface area contributed by atoms with Crippen LogP contribution in [0.2, 0.25) is 0 Å². The molecule has 0 aliphatic heterocycles. The van der Waals surface area contributed by atoms with Gasteiger partial charge in [0.05, 0.1) is 12.8 Å². The van der Waals surface area contributed by atoms with Gasteiger partial charge in [0.2, 0.25) is 23.5 Å². The Kier molecular flexibility index (Phi) is 13.1. The SMILES string of the molecule is CCOC(=O)/C=C/C(CCC(N)=O)NC(=O)[C@H](Cc1ccccc1)NC(=O)[C@H](CC(C)C)NC(=O)c1ccno1. The molecule has 2 aromatic rings. The van der Waals surface area contributed by atoms with Gasteiger partial charge in [-0.2, -0.15) is 0 Å². The largest absolute Gasteiger partial charge is 0.463 e. The molecule has 1 aromatic carbocycles. The van der Waals surface area contributed by atoms with Gasteiger partial charge in [0.1, 0.15) is 12.1 Å². The maximum Gasteiger partial charge on any atom is 0.330 e. The van der Waals surface area contributed by atoms with Crippen molar-refractivity contribution in [1.29, 1.82) is 0 Å². The minimum atomic E-state index is -1.04. The Morgan fingerprint density at radius 1 is 1.00 bits per heavy atom. The number of carbonyl (C=O) groups excluding carboxylic acids is 5. The lowest BCUT2D eigenvalue weighted by Crippen LogP contribution is -2.55. The van der Waals surface area contributed by atoms with Gasteiger partial charge in [0, 0.05) is 31.0 Å². The first-order valence-corrected chi connectivity index (χ1v) is 13.1. The Morgan fingerprint density at radius 2 is 1.70 bits per heavy atom. The van der Waals surface area contributed by atoms with E-state index < -0.39 is 47.7 Å². The van der Waals surface area contributed by atoms with E-state index in [9.17, 15) is 24.0 Å². The summed E-state index contributed by atoms with van der Waals surface area (Å²) in [5.41, 5.74) is 6.06. The quantitative estimate of drug-likeness (QED) is 0.177. The third-order valence-electron chi connectivity index (χ3n) is 5.69. The highest BCUT2D eigenvalue weighted by Crippen LogP contribution is 2.10. The summed E-state index contributed by atoms with van der Waals surface area (Å²) < 4.78 is 9.77. The molecule has 0 fully saturated rings. The second kappa shape index (κ2) is 16.5. The molecule has 0 bridgehead atoms. The lowest BCUT2D eigenvalue weighted by molar-refractivity contribution is -0.137. The molecule has 1 unspecified atom stereocenters. The number of nitrogens with zero attached hydrogens (tertiary/aromatic N) is 1. The molecule has 2 rings (SSSR count). The number of benzene rings is 1. The van der Waals surface area contributed by atoms with E-state index in [1.54, 1.807) is 6.92 Å². The number of ether oxygens (including phenoxy) is 1. The molecule has 216 valence electrons. The van der Waals surface area contributed by atoms with Gasteiger partial charge >= 0.3 is 5.97 Å². The summed E-state index contributed by atoms with van der Waals surface area (Å²) in [6.07, 6.45) is 4.43. The lowest BCUT2D eigenvalue weighted by Gasteiger charge is -2.25. The van der Waals surface area contributed by atoms with Gasteiger partial charge < -0.3 is 30.9 Å². The predicted molar refractivity (Wildman–Crippen MR) is 145 cm³/mol.